The van der Waals surface area contributed by atoms with Crippen molar-refractivity contribution in [3.63, 3.8) is 0 Å². The van der Waals surface area contributed by atoms with Gasteiger partial charge in [0, 0.05) is 31.2 Å². The highest BCUT2D eigenvalue weighted by molar-refractivity contribution is 6.30. The van der Waals surface area contributed by atoms with Crippen molar-refractivity contribution in [3.05, 3.63) is 70.2 Å². The number of halogens is 1. The third-order valence-electron chi connectivity index (χ3n) is 4.56. The van der Waals surface area contributed by atoms with Crippen LogP contribution in [0.4, 0.5) is 4.79 Å². The van der Waals surface area contributed by atoms with E-state index in [-0.39, 0.29) is 18.0 Å². The fourth-order valence-electron chi connectivity index (χ4n) is 3.11. The molecular weight excluding hydrogens is 366 g/mol. The largest absolute Gasteiger partial charge is 0.465 e. The molecular formula is C20H22ClN3O3. The van der Waals surface area contributed by atoms with E-state index >= 15 is 0 Å². The van der Waals surface area contributed by atoms with Crippen LogP contribution in [0.2, 0.25) is 5.02 Å². The molecule has 1 aliphatic heterocycles. The molecule has 2 aromatic carbocycles. The van der Waals surface area contributed by atoms with E-state index in [2.05, 4.69) is 15.4 Å². The minimum absolute atomic E-state index is 0.0702. The highest BCUT2D eigenvalue weighted by atomic mass is 35.5. The number of methoxy groups -OCH3 is 1. The molecule has 0 aliphatic carbocycles. The molecule has 1 fully saturated rings. The summed E-state index contributed by atoms with van der Waals surface area (Å²) in [5.41, 5.74) is 2.40. The molecule has 6 nitrogen and oxygen atoms in total. The zero-order valence-electron chi connectivity index (χ0n) is 15.1. The Morgan fingerprint density at radius 2 is 2.04 bits per heavy atom. The molecule has 0 saturated carbocycles. The number of piperazine rings is 1. The van der Waals surface area contributed by atoms with Gasteiger partial charge in [-0.3, -0.25) is 0 Å². The van der Waals surface area contributed by atoms with Crippen LogP contribution < -0.4 is 10.6 Å². The number of nitrogens with one attached hydrogen (secondary N) is 2. The predicted molar refractivity (Wildman–Crippen MR) is 104 cm³/mol. The van der Waals surface area contributed by atoms with Gasteiger partial charge in [-0.05, 0) is 35.4 Å². The number of carbonyl (C=O) groups excluding carboxylic acids is 2. The van der Waals surface area contributed by atoms with Gasteiger partial charge in [0.05, 0.1) is 18.7 Å². The number of esters is 1. The molecule has 1 heterocycles. The van der Waals surface area contributed by atoms with Crippen molar-refractivity contribution >= 4 is 23.6 Å². The molecule has 2 amide bonds. The summed E-state index contributed by atoms with van der Waals surface area (Å²) in [7, 11) is 1.35. The second-order valence-corrected chi connectivity index (χ2v) is 6.75. The number of benzene rings is 2. The number of urea groups is 1. The van der Waals surface area contributed by atoms with Crippen LogP contribution in [0.25, 0.3) is 0 Å². The van der Waals surface area contributed by atoms with Crippen LogP contribution >= 0.6 is 11.6 Å². The number of carbonyl (C=O) groups is 2. The summed E-state index contributed by atoms with van der Waals surface area (Å²) in [5, 5.41) is 6.94. The van der Waals surface area contributed by atoms with Gasteiger partial charge < -0.3 is 20.3 Å². The molecule has 27 heavy (non-hydrogen) atoms. The molecule has 1 atom stereocenters. The minimum Gasteiger partial charge on any atom is -0.465 e. The Morgan fingerprint density at radius 1 is 1.26 bits per heavy atom. The normalized spacial score (nSPS) is 16.7. The fraction of sp³-hybridized carbons (Fsp3) is 0.300. The van der Waals surface area contributed by atoms with Crippen LogP contribution in [0.5, 0.6) is 0 Å². The Bertz CT molecular complexity index is 810. The molecule has 0 bridgehead atoms. The first kappa shape index (κ1) is 19.2. The van der Waals surface area contributed by atoms with Crippen molar-refractivity contribution in [2.45, 2.75) is 12.6 Å². The van der Waals surface area contributed by atoms with Crippen molar-refractivity contribution in [2.24, 2.45) is 0 Å². The molecule has 1 unspecified atom stereocenters. The maximum Gasteiger partial charge on any atom is 0.337 e. The average molecular weight is 388 g/mol. The SMILES string of the molecule is COC(=O)c1ccc(CNC(=O)N2CCNCC2c2cccc(Cl)c2)cc1. The summed E-state index contributed by atoms with van der Waals surface area (Å²) >= 11 is 6.11. The van der Waals surface area contributed by atoms with E-state index < -0.39 is 0 Å². The summed E-state index contributed by atoms with van der Waals surface area (Å²) in [6.45, 7) is 2.43. The number of ether oxygens (including phenoxy) is 1. The molecule has 1 saturated heterocycles. The Kier molecular flexibility index (Phi) is 6.32. The van der Waals surface area contributed by atoms with E-state index in [9.17, 15) is 9.59 Å². The Labute approximate surface area is 163 Å². The van der Waals surface area contributed by atoms with Gasteiger partial charge >= 0.3 is 12.0 Å². The number of hydrogen-bond donors (Lipinski definition) is 2. The Balaban J connectivity index is 1.64. The molecule has 2 aromatic rings. The smallest absolute Gasteiger partial charge is 0.337 e. The number of nitrogens with zero attached hydrogens (tertiary/aromatic N) is 1. The van der Waals surface area contributed by atoms with Gasteiger partial charge in [0.1, 0.15) is 0 Å². The first-order valence-corrected chi connectivity index (χ1v) is 9.14. The first-order chi connectivity index (χ1) is 13.1. The summed E-state index contributed by atoms with van der Waals surface area (Å²) < 4.78 is 4.69. The van der Waals surface area contributed by atoms with Crippen LogP contribution in [0.3, 0.4) is 0 Å². The topological polar surface area (TPSA) is 70.7 Å². The molecule has 0 aromatic heterocycles. The van der Waals surface area contributed by atoms with Crippen molar-refractivity contribution in [2.75, 3.05) is 26.7 Å². The van der Waals surface area contributed by atoms with E-state index in [4.69, 9.17) is 11.6 Å². The van der Waals surface area contributed by atoms with Gasteiger partial charge in [-0.1, -0.05) is 35.9 Å². The van der Waals surface area contributed by atoms with E-state index in [1.54, 1.807) is 24.3 Å². The van der Waals surface area contributed by atoms with Crippen LogP contribution in [-0.2, 0) is 11.3 Å². The predicted octanol–water partition coefficient (Wildman–Crippen LogP) is 2.98. The summed E-state index contributed by atoms with van der Waals surface area (Å²) in [6, 6.07) is 14.4. The number of hydrogen-bond acceptors (Lipinski definition) is 4. The second-order valence-electron chi connectivity index (χ2n) is 6.32. The highest BCUT2D eigenvalue weighted by Gasteiger charge is 2.27. The van der Waals surface area contributed by atoms with Gasteiger partial charge in [0.15, 0.2) is 0 Å². The molecule has 142 valence electrons. The fourth-order valence-corrected chi connectivity index (χ4v) is 3.31. The van der Waals surface area contributed by atoms with Gasteiger partial charge in [-0.15, -0.1) is 0 Å². The summed E-state index contributed by atoms with van der Waals surface area (Å²) in [6.07, 6.45) is 0. The standard InChI is InChI=1S/C20H22ClN3O3/c1-27-19(25)15-7-5-14(6-8-15)12-23-20(26)24-10-9-22-13-18(24)16-3-2-4-17(21)11-16/h2-8,11,18,22H,9-10,12-13H2,1H3,(H,23,26). The summed E-state index contributed by atoms with van der Waals surface area (Å²) in [4.78, 5) is 26.0. The van der Waals surface area contributed by atoms with Gasteiger partial charge in [0.25, 0.3) is 0 Å². The van der Waals surface area contributed by atoms with Crippen molar-refractivity contribution in [1.82, 2.24) is 15.5 Å². The van der Waals surface area contributed by atoms with Crippen LogP contribution in [-0.4, -0.2) is 43.6 Å². The first-order valence-electron chi connectivity index (χ1n) is 8.76. The number of rotatable bonds is 4. The molecule has 0 spiro atoms. The third kappa shape index (κ3) is 4.78. The number of amides is 2. The quantitative estimate of drug-likeness (QED) is 0.791. The van der Waals surface area contributed by atoms with Crippen molar-refractivity contribution in [1.29, 1.82) is 0 Å². The lowest BCUT2D eigenvalue weighted by Crippen LogP contribution is -2.51. The summed E-state index contributed by atoms with van der Waals surface area (Å²) in [5.74, 6) is -0.379. The van der Waals surface area contributed by atoms with E-state index in [1.807, 2.05) is 29.2 Å². The van der Waals surface area contributed by atoms with Crippen LogP contribution in [0.15, 0.2) is 48.5 Å². The molecule has 1 aliphatic rings. The monoisotopic (exact) mass is 387 g/mol. The Hall–Kier alpha value is -2.57. The molecule has 0 radical (unpaired) electrons. The zero-order valence-corrected chi connectivity index (χ0v) is 15.8. The van der Waals surface area contributed by atoms with Gasteiger partial charge in [0.2, 0.25) is 0 Å². The molecule has 2 N–H and O–H groups in total. The maximum absolute atomic E-state index is 12.7. The average Bonchev–Trinajstić information content (AvgIpc) is 2.72. The maximum atomic E-state index is 12.7. The third-order valence-corrected chi connectivity index (χ3v) is 4.79. The van der Waals surface area contributed by atoms with Crippen molar-refractivity contribution in [3.8, 4) is 0 Å². The van der Waals surface area contributed by atoms with E-state index in [0.717, 1.165) is 17.7 Å². The molecule has 7 heteroatoms. The molecule has 3 rings (SSSR count). The van der Waals surface area contributed by atoms with E-state index in [0.29, 0.717) is 30.2 Å². The van der Waals surface area contributed by atoms with Gasteiger partial charge in [-0.25, -0.2) is 9.59 Å². The van der Waals surface area contributed by atoms with Crippen molar-refractivity contribution < 1.29 is 14.3 Å². The Morgan fingerprint density at radius 3 is 2.74 bits per heavy atom. The zero-order chi connectivity index (χ0) is 19.2. The van der Waals surface area contributed by atoms with Crippen LogP contribution in [0, 0.1) is 0 Å². The van der Waals surface area contributed by atoms with Gasteiger partial charge in [-0.2, -0.15) is 0 Å². The lowest BCUT2D eigenvalue weighted by atomic mass is 10.0. The second kappa shape index (κ2) is 8.88. The van der Waals surface area contributed by atoms with E-state index in [1.165, 1.54) is 7.11 Å². The minimum atomic E-state index is -0.379. The van der Waals surface area contributed by atoms with Crippen LogP contribution in [0.1, 0.15) is 27.5 Å². The lowest BCUT2D eigenvalue weighted by molar-refractivity contribution is 0.0600. The lowest BCUT2D eigenvalue weighted by Gasteiger charge is -2.36. The highest BCUT2D eigenvalue weighted by Crippen LogP contribution is 2.24.